The van der Waals surface area contributed by atoms with Gasteiger partial charge in [0.1, 0.15) is 11.5 Å². The third-order valence-corrected chi connectivity index (χ3v) is 7.81. The minimum absolute atomic E-state index is 0.0373. The minimum atomic E-state index is -0.0373. The maximum absolute atomic E-state index is 13.2. The highest BCUT2D eigenvalue weighted by atomic mass is 35.5. The van der Waals surface area contributed by atoms with Crippen molar-refractivity contribution in [3.05, 3.63) is 46.1 Å². The van der Waals surface area contributed by atoms with Crippen LogP contribution in [0.4, 0.5) is 11.8 Å². The Hall–Kier alpha value is -2.87. The number of nitrogens with one attached hydrogen (secondary N) is 1. The van der Waals surface area contributed by atoms with Gasteiger partial charge in [0, 0.05) is 61.7 Å². The van der Waals surface area contributed by atoms with E-state index in [1.54, 1.807) is 6.92 Å². The third-order valence-electron chi connectivity index (χ3n) is 7.55. The van der Waals surface area contributed by atoms with Crippen LogP contribution in [0.1, 0.15) is 67.6 Å². The van der Waals surface area contributed by atoms with Crippen LogP contribution in [0, 0.1) is 0 Å². The first-order valence-electron chi connectivity index (χ1n) is 12.6. The monoisotopic (exact) mass is 496 g/mol. The topological polar surface area (TPSA) is 81.7 Å². The summed E-state index contributed by atoms with van der Waals surface area (Å²) in [5.74, 6) is 1.73. The van der Waals surface area contributed by atoms with E-state index in [0.29, 0.717) is 50.3 Å². The highest BCUT2D eigenvalue weighted by molar-refractivity contribution is 6.30. The van der Waals surface area contributed by atoms with Crippen LogP contribution in [-0.4, -0.2) is 69.8 Å². The molecule has 9 heteroatoms. The fourth-order valence-corrected chi connectivity index (χ4v) is 5.62. The zero-order valence-corrected chi connectivity index (χ0v) is 21.4. The number of fused-ring (bicyclic) bond motifs is 1. The van der Waals surface area contributed by atoms with Crippen LogP contribution in [-0.2, 0) is 11.3 Å². The third kappa shape index (κ3) is 4.68. The SMILES string of the molecule is CC(=O)N1CCN(c2nc(NC3CCCC3c3ccc(Cl)cc3)c3c(n2)C(=O)N(C(C)C)C3)CC1. The number of amides is 2. The second-order valence-electron chi connectivity index (χ2n) is 10.1. The number of hydrogen-bond acceptors (Lipinski definition) is 6. The number of rotatable bonds is 5. The number of halogens is 1. The van der Waals surface area contributed by atoms with Gasteiger partial charge in [-0.2, -0.15) is 4.98 Å². The van der Waals surface area contributed by atoms with Crippen LogP contribution < -0.4 is 10.2 Å². The van der Waals surface area contributed by atoms with Gasteiger partial charge in [-0.25, -0.2) is 4.98 Å². The molecule has 0 radical (unpaired) electrons. The predicted octanol–water partition coefficient (Wildman–Crippen LogP) is 3.91. The Morgan fingerprint density at radius 1 is 1.09 bits per heavy atom. The standard InChI is InChI=1S/C26H33ClN6O2/c1-16(2)33-15-21-23(25(33)35)29-26(32-13-11-31(12-14-32)17(3)34)30-24(21)28-22-6-4-5-20(22)18-7-9-19(27)10-8-18/h7-10,16,20,22H,4-6,11-15H2,1-3H3,(H,28,29,30). The van der Waals surface area contributed by atoms with E-state index in [1.807, 2.05) is 35.8 Å². The van der Waals surface area contributed by atoms with Gasteiger partial charge in [-0.05, 0) is 44.4 Å². The summed E-state index contributed by atoms with van der Waals surface area (Å²) in [5, 5.41) is 4.48. The molecule has 1 saturated heterocycles. The fourth-order valence-electron chi connectivity index (χ4n) is 5.49. The summed E-state index contributed by atoms with van der Waals surface area (Å²) in [6, 6.07) is 8.43. The first-order valence-corrected chi connectivity index (χ1v) is 12.9. The van der Waals surface area contributed by atoms with Gasteiger partial charge in [0.15, 0.2) is 0 Å². The normalized spacial score (nSPS) is 22.2. The molecule has 0 spiro atoms. The van der Waals surface area contributed by atoms with Crippen LogP contribution in [0.2, 0.25) is 5.02 Å². The molecular formula is C26H33ClN6O2. The Bertz CT molecular complexity index is 1110. The van der Waals surface area contributed by atoms with Gasteiger partial charge in [0.2, 0.25) is 11.9 Å². The van der Waals surface area contributed by atoms with Gasteiger partial charge in [0.05, 0.1) is 6.54 Å². The molecule has 1 aromatic heterocycles. The second-order valence-corrected chi connectivity index (χ2v) is 10.5. The van der Waals surface area contributed by atoms with Crippen LogP contribution in [0.3, 0.4) is 0 Å². The Morgan fingerprint density at radius 3 is 2.46 bits per heavy atom. The molecule has 3 aliphatic rings. The van der Waals surface area contributed by atoms with Crippen LogP contribution in [0.25, 0.3) is 0 Å². The van der Waals surface area contributed by atoms with Crippen LogP contribution in [0.5, 0.6) is 0 Å². The number of benzene rings is 1. The highest BCUT2D eigenvalue weighted by Crippen LogP contribution is 2.39. The maximum Gasteiger partial charge on any atom is 0.273 e. The number of aromatic nitrogens is 2. The molecule has 2 atom stereocenters. The molecule has 1 aliphatic carbocycles. The predicted molar refractivity (Wildman–Crippen MR) is 137 cm³/mol. The smallest absolute Gasteiger partial charge is 0.273 e. The zero-order valence-electron chi connectivity index (χ0n) is 20.6. The van der Waals surface area contributed by atoms with Crippen molar-refractivity contribution in [3.8, 4) is 0 Å². The summed E-state index contributed by atoms with van der Waals surface area (Å²) in [6.07, 6.45) is 3.28. The molecule has 1 saturated carbocycles. The molecule has 0 bridgehead atoms. The Kier molecular flexibility index (Phi) is 6.57. The van der Waals surface area contributed by atoms with Gasteiger partial charge in [-0.3, -0.25) is 9.59 Å². The van der Waals surface area contributed by atoms with Crippen molar-refractivity contribution in [2.75, 3.05) is 36.4 Å². The molecule has 1 N–H and O–H groups in total. The lowest BCUT2D eigenvalue weighted by atomic mass is 9.94. The van der Waals surface area contributed by atoms with Crippen LogP contribution in [0.15, 0.2) is 24.3 Å². The van der Waals surface area contributed by atoms with Gasteiger partial charge in [-0.1, -0.05) is 30.2 Å². The van der Waals surface area contributed by atoms with Crippen molar-refractivity contribution in [2.24, 2.45) is 0 Å². The van der Waals surface area contributed by atoms with E-state index in [0.717, 1.165) is 35.7 Å². The lowest BCUT2D eigenvalue weighted by Gasteiger charge is -2.34. The van der Waals surface area contributed by atoms with Crippen molar-refractivity contribution >= 4 is 35.2 Å². The molecule has 5 rings (SSSR count). The summed E-state index contributed by atoms with van der Waals surface area (Å²) >= 11 is 6.12. The largest absolute Gasteiger partial charge is 0.366 e. The Labute approximate surface area is 211 Å². The molecule has 8 nitrogen and oxygen atoms in total. The van der Waals surface area contributed by atoms with Crippen LogP contribution >= 0.6 is 11.6 Å². The maximum atomic E-state index is 13.2. The number of hydrogen-bond donors (Lipinski definition) is 1. The van der Waals surface area contributed by atoms with E-state index in [4.69, 9.17) is 21.6 Å². The average molecular weight is 497 g/mol. The first-order chi connectivity index (χ1) is 16.8. The first kappa shape index (κ1) is 23.9. The van der Waals surface area contributed by atoms with Gasteiger partial charge < -0.3 is 20.0 Å². The van der Waals surface area contributed by atoms with E-state index in [-0.39, 0.29) is 23.9 Å². The van der Waals surface area contributed by atoms with Crippen molar-refractivity contribution in [1.82, 2.24) is 19.8 Å². The van der Waals surface area contributed by atoms with E-state index < -0.39 is 0 Å². The summed E-state index contributed by atoms with van der Waals surface area (Å²) in [4.78, 5) is 40.5. The quantitative estimate of drug-likeness (QED) is 0.675. The average Bonchev–Trinajstić information content (AvgIpc) is 3.44. The van der Waals surface area contributed by atoms with E-state index >= 15 is 0 Å². The van der Waals surface area contributed by atoms with Gasteiger partial charge in [-0.15, -0.1) is 0 Å². The van der Waals surface area contributed by atoms with E-state index in [2.05, 4.69) is 22.3 Å². The number of carbonyl (C=O) groups excluding carboxylic acids is 2. The summed E-state index contributed by atoms with van der Waals surface area (Å²) in [6.45, 7) is 8.73. The molecule has 2 unspecified atom stereocenters. The summed E-state index contributed by atoms with van der Waals surface area (Å²) < 4.78 is 0. The van der Waals surface area contributed by atoms with Crippen molar-refractivity contribution < 1.29 is 9.59 Å². The molecule has 2 aromatic rings. The van der Waals surface area contributed by atoms with E-state index in [9.17, 15) is 9.59 Å². The Morgan fingerprint density at radius 2 is 1.80 bits per heavy atom. The number of nitrogens with zero attached hydrogens (tertiary/aromatic N) is 5. The highest BCUT2D eigenvalue weighted by Gasteiger charge is 2.37. The lowest BCUT2D eigenvalue weighted by molar-refractivity contribution is -0.129. The second kappa shape index (κ2) is 9.64. The van der Waals surface area contributed by atoms with Crippen molar-refractivity contribution in [2.45, 2.75) is 64.6 Å². The number of anilines is 2. The summed E-state index contributed by atoms with van der Waals surface area (Å²) in [7, 11) is 0. The molecule has 2 aliphatic heterocycles. The molecule has 35 heavy (non-hydrogen) atoms. The molecule has 2 fully saturated rings. The van der Waals surface area contributed by atoms with Gasteiger partial charge >= 0.3 is 0 Å². The molecule has 1 aromatic carbocycles. The lowest BCUT2D eigenvalue weighted by Crippen LogP contribution is -2.48. The molecule has 3 heterocycles. The zero-order chi connectivity index (χ0) is 24.7. The number of piperazine rings is 1. The summed E-state index contributed by atoms with van der Waals surface area (Å²) in [5.41, 5.74) is 2.66. The number of carbonyl (C=O) groups is 2. The Balaban J connectivity index is 1.45. The fraction of sp³-hybridized carbons (Fsp3) is 0.538. The molecule has 2 amide bonds. The van der Waals surface area contributed by atoms with Crippen molar-refractivity contribution in [3.63, 3.8) is 0 Å². The minimum Gasteiger partial charge on any atom is -0.366 e. The van der Waals surface area contributed by atoms with Gasteiger partial charge in [0.25, 0.3) is 5.91 Å². The molecule has 186 valence electrons. The van der Waals surface area contributed by atoms with Crippen molar-refractivity contribution in [1.29, 1.82) is 0 Å². The van der Waals surface area contributed by atoms with E-state index in [1.165, 1.54) is 5.56 Å². The molecular weight excluding hydrogens is 464 g/mol.